The number of halogens is 1. The van der Waals surface area contributed by atoms with E-state index in [1.54, 1.807) is 22.8 Å². The van der Waals surface area contributed by atoms with E-state index < -0.39 is 0 Å². The Kier molecular flexibility index (Phi) is 2.89. The van der Waals surface area contributed by atoms with Gasteiger partial charge in [0, 0.05) is 17.3 Å². The maximum absolute atomic E-state index is 13.1. The molecule has 0 aliphatic heterocycles. The van der Waals surface area contributed by atoms with Gasteiger partial charge in [0.15, 0.2) is 5.82 Å². The molecule has 0 saturated heterocycles. The van der Waals surface area contributed by atoms with Gasteiger partial charge in [0.05, 0.1) is 5.69 Å². The van der Waals surface area contributed by atoms with E-state index in [1.165, 1.54) is 12.1 Å². The molecule has 0 aliphatic rings. The molecule has 4 rings (SSSR count). The molecule has 0 aliphatic carbocycles. The fraction of sp³-hybridized carbons (Fsp3) is 0. The Bertz CT molecular complexity index is 930. The number of rotatable bonds is 2. The minimum absolute atomic E-state index is 0.266. The molecule has 5 heteroatoms. The topological polar surface area (TPSA) is 43.1 Å². The first-order valence-corrected chi connectivity index (χ1v) is 6.84. The third-order valence-corrected chi connectivity index (χ3v) is 3.41. The van der Waals surface area contributed by atoms with Crippen molar-refractivity contribution in [3.05, 3.63) is 72.7 Å². The second-order valence-electron chi connectivity index (χ2n) is 4.85. The lowest BCUT2D eigenvalue weighted by molar-refractivity contribution is 0.628. The van der Waals surface area contributed by atoms with E-state index >= 15 is 0 Å². The highest BCUT2D eigenvalue weighted by atomic mass is 19.1. The number of hydrogen-bond donors (Lipinski definition) is 0. The summed E-state index contributed by atoms with van der Waals surface area (Å²) in [4.78, 5) is 8.70. The molecule has 2 heterocycles. The van der Waals surface area contributed by atoms with Crippen molar-refractivity contribution >= 4 is 5.78 Å². The highest BCUT2D eigenvalue weighted by Crippen LogP contribution is 2.21. The number of benzene rings is 2. The Morgan fingerprint density at radius 3 is 2.36 bits per heavy atom. The second-order valence-corrected chi connectivity index (χ2v) is 4.85. The zero-order chi connectivity index (χ0) is 14.9. The van der Waals surface area contributed by atoms with Crippen molar-refractivity contribution < 1.29 is 4.39 Å². The lowest BCUT2D eigenvalue weighted by Crippen LogP contribution is -1.96. The van der Waals surface area contributed by atoms with Crippen LogP contribution in [0.3, 0.4) is 0 Å². The van der Waals surface area contributed by atoms with E-state index in [1.807, 2.05) is 36.4 Å². The summed E-state index contributed by atoms with van der Waals surface area (Å²) in [6.07, 6.45) is 1.68. The first-order chi connectivity index (χ1) is 10.8. The summed E-state index contributed by atoms with van der Waals surface area (Å²) in [7, 11) is 0. The van der Waals surface area contributed by atoms with Crippen LogP contribution in [0.1, 0.15) is 0 Å². The van der Waals surface area contributed by atoms with Crippen molar-refractivity contribution in [2.75, 3.05) is 0 Å². The molecule has 0 amide bonds. The molecule has 22 heavy (non-hydrogen) atoms. The van der Waals surface area contributed by atoms with Gasteiger partial charge in [-0.1, -0.05) is 30.3 Å². The van der Waals surface area contributed by atoms with Crippen molar-refractivity contribution in [3.63, 3.8) is 0 Å². The molecule has 0 unspecified atom stereocenters. The van der Waals surface area contributed by atoms with Crippen LogP contribution in [0, 0.1) is 5.82 Å². The number of hydrogen-bond acceptors (Lipinski definition) is 3. The van der Waals surface area contributed by atoms with Crippen molar-refractivity contribution in [1.29, 1.82) is 0 Å². The molecule has 0 fully saturated rings. The number of fused-ring (bicyclic) bond motifs is 1. The van der Waals surface area contributed by atoms with Crippen molar-refractivity contribution in [3.8, 4) is 22.6 Å². The van der Waals surface area contributed by atoms with Gasteiger partial charge in [0.1, 0.15) is 5.82 Å². The van der Waals surface area contributed by atoms with Crippen LogP contribution < -0.4 is 0 Å². The molecule has 0 atom stereocenters. The van der Waals surface area contributed by atoms with Crippen LogP contribution in [0.15, 0.2) is 66.9 Å². The predicted molar refractivity (Wildman–Crippen MR) is 81.6 cm³/mol. The standard InChI is InChI=1S/C17H11FN4/c18-14-8-6-12(7-9-14)15-10-11-19-17-20-16(21-22(15)17)13-4-2-1-3-5-13/h1-11H. The Morgan fingerprint density at radius 1 is 0.818 bits per heavy atom. The molecule has 106 valence electrons. The Morgan fingerprint density at radius 2 is 1.59 bits per heavy atom. The Hall–Kier alpha value is -3.08. The minimum Gasteiger partial charge on any atom is -0.220 e. The third-order valence-electron chi connectivity index (χ3n) is 3.41. The van der Waals surface area contributed by atoms with Crippen LogP contribution in [0.25, 0.3) is 28.4 Å². The first-order valence-electron chi connectivity index (χ1n) is 6.84. The van der Waals surface area contributed by atoms with Crippen LogP contribution in [0.4, 0.5) is 4.39 Å². The van der Waals surface area contributed by atoms with Crippen LogP contribution in [-0.4, -0.2) is 19.6 Å². The van der Waals surface area contributed by atoms with E-state index in [4.69, 9.17) is 0 Å². The maximum Gasteiger partial charge on any atom is 0.253 e. The Labute approximate surface area is 125 Å². The molecule has 2 aromatic heterocycles. The molecular weight excluding hydrogens is 279 g/mol. The van der Waals surface area contributed by atoms with Crippen molar-refractivity contribution in [2.24, 2.45) is 0 Å². The van der Waals surface area contributed by atoms with E-state index in [0.29, 0.717) is 11.6 Å². The van der Waals surface area contributed by atoms with Gasteiger partial charge in [0.25, 0.3) is 5.78 Å². The summed E-state index contributed by atoms with van der Waals surface area (Å²) in [5.74, 6) is 0.862. The highest BCUT2D eigenvalue weighted by Gasteiger charge is 2.11. The van der Waals surface area contributed by atoms with Gasteiger partial charge in [0.2, 0.25) is 0 Å². The normalized spacial score (nSPS) is 11.0. The van der Waals surface area contributed by atoms with Gasteiger partial charge in [-0.05, 0) is 30.3 Å². The van der Waals surface area contributed by atoms with Gasteiger partial charge in [-0.3, -0.25) is 0 Å². The van der Waals surface area contributed by atoms with Gasteiger partial charge in [-0.25, -0.2) is 9.37 Å². The van der Waals surface area contributed by atoms with Crippen LogP contribution in [0.5, 0.6) is 0 Å². The second kappa shape index (κ2) is 5.04. The molecule has 4 nitrogen and oxygen atoms in total. The Balaban J connectivity index is 1.90. The summed E-state index contributed by atoms with van der Waals surface area (Å²) in [6.45, 7) is 0. The lowest BCUT2D eigenvalue weighted by Gasteiger charge is -2.03. The fourth-order valence-electron chi connectivity index (χ4n) is 2.34. The van der Waals surface area contributed by atoms with Gasteiger partial charge in [-0.2, -0.15) is 9.50 Å². The van der Waals surface area contributed by atoms with Gasteiger partial charge >= 0.3 is 0 Å². The summed E-state index contributed by atoms with van der Waals surface area (Å²) < 4.78 is 14.8. The molecule has 2 aromatic carbocycles. The molecule has 0 spiro atoms. The largest absolute Gasteiger partial charge is 0.253 e. The van der Waals surface area contributed by atoms with Crippen molar-refractivity contribution in [2.45, 2.75) is 0 Å². The lowest BCUT2D eigenvalue weighted by atomic mass is 10.1. The summed E-state index contributed by atoms with van der Waals surface area (Å²) in [5, 5.41) is 4.53. The van der Waals surface area contributed by atoms with E-state index in [2.05, 4.69) is 15.1 Å². The molecule has 0 saturated carbocycles. The van der Waals surface area contributed by atoms with E-state index in [0.717, 1.165) is 16.8 Å². The van der Waals surface area contributed by atoms with Crippen LogP contribution in [0.2, 0.25) is 0 Å². The zero-order valence-electron chi connectivity index (χ0n) is 11.5. The summed E-state index contributed by atoms with van der Waals surface area (Å²) >= 11 is 0. The van der Waals surface area contributed by atoms with Crippen molar-refractivity contribution in [1.82, 2.24) is 19.6 Å². The maximum atomic E-state index is 13.1. The number of nitrogens with zero attached hydrogens (tertiary/aromatic N) is 4. The summed E-state index contributed by atoms with van der Waals surface area (Å²) in [5.41, 5.74) is 2.61. The molecule has 0 N–H and O–H groups in total. The van der Waals surface area contributed by atoms with Crippen LogP contribution in [-0.2, 0) is 0 Å². The quantitative estimate of drug-likeness (QED) is 0.566. The highest BCUT2D eigenvalue weighted by molar-refractivity contribution is 5.63. The average molecular weight is 290 g/mol. The molecule has 4 aromatic rings. The third kappa shape index (κ3) is 2.13. The van der Waals surface area contributed by atoms with Gasteiger partial charge < -0.3 is 0 Å². The molecular formula is C17H11FN4. The van der Waals surface area contributed by atoms with Crippen LogP contribution >= 0.6 is 0 Å². The number of aromatic nitrogens is 4. The molecule has 0 bridgehead atoms. The van der Waals surface area contributed by atoms with Gasteiger partial charge in [-0.15, -0.1) is 5.10 Å². The zero-order valence-corrected chi connectivity index (χ0v) is 11.5. The monoisotopic (exact) mass is 290 g/mol. The first kappa shape index (κ1) is 12.6. The predicted octanol–water partition coefficient (Wildman–Crippen LogP) is 3.60. The molecule has 0 radical (unpaired) electrons. The minimum atomic E-state index is -0.266. The average Bonchev–Trinajstić information content (AvgIpc) is 3.01. The van der Waals surface area contributed by atoms with E-state index in [-0.39, 0.29) is 5.82 Å². The fourth-order valence-corrected chi connectivity index (χ4v) is 2.34. The summed E-state index contributed by atoms with van der Waals surface area (Å²) in [6, 6.07) is 17.9. The van der Waals surface area contributed by atoms with E-state index in [9.17, 15) is 4.39 Å². The smallest absolute Gasteiger partial charge is 0.220 e. The SMILES string of the molecule is Fc1ccc(-c2ccnc3nc(-c4ccccc4)nn23)cc1.